The van der Waals surface area contributed by atoms with E-state index in [0.717, 1.165) is 10.9 Å². The van der Waals surface area contributed by atoms with Gasteiger partial charge in [-0.05, 0) is 31.0 Å². The van der Waals surface area contributed by atoms with E-state index in [9.17, 15) is 4.79 Å². The van der Waals surface area contributed by atoms with Gasteiger partial charge in [0.1, 0.15) is 0 Å². The Balaban J connectivity index is 2.92. The van der Waals surface area contributed by atoms with E-state index in [1.807, 2.05) is 6.92 Å². The van der Waals surface area contributed by atoms with Crippen LogP contribution in [0.5, 0.6) is 0 Å². The van der Waals surface area contributed by atoms with Gasteiger partial charge in [0.2, 0.25) is 0 Å². The number of anilines is 1. The second-order valence-electron chi connectivity index (χ2n) is 3.76. The summed E-state index contributed by atoms with van der Waals surface area (Å²) in [4.78, 5) is 11.1. The van der Waals surface area contributed by atoms with Crippen LogP contribution in [0.25, 0.3) is 0 Å². The van der Waals surface area contributed by atoms with E-state index in [1.54, 1.807) is 18.2 Å². The highest BCUT2D eigenvalue weighted by molar-refractivity contribution is 9.10. The first-order valence-corrected chi connectivity index (χ1v) is 6.28. The summed E-state index contributed by atoms with van der Waals surface area (Å²) < 4.78 is 0.732. The van der Waals surface area contributed by atoms with Crippen LogP contribution in [0.4, 0.5) is 5.69 Å². The molecule has 1 rings (SSSR count). The zero-order valence-corrected chi connectivity index (χ0v) is 11.2. The van der Waals surface area contributed by atoms with Gasteiger partial charge in [0.15, 0.2) is 0 Å². The summed E-state index contributed by atoms with van der Waals surface area (Å²) in [6.07, 6.45) is 1.43. The molecule has 0 bridgehead atoms. The molecule has 1 unspecified atom stereocenters. The fourth-order valence-corrected chi connectivity index (χ4v) is 1.93. The normalized spacial score (nSPS) is 12.2. The molecule has 0 aliphatic heterocycles. The standard InChI is InChI=1S/C12H16BrNO3/c1-2-9(5-6-15)14-11-4-3-8(13)7-10(11)12(16)17/h3-4,7,9,14-15H,2,5-6H2,1H3,(H,16,17). The van der Waals surface area contributed by atoms with Crippen LogP contribution in [0.2, 0.25) is 0 Å². The number of aliphatic hydroxyl groups is 1. The smallest absolute Gasteiger partial charge is 0.337 e. The topological polar surface area (TPSA) is 69.6 Å². The maximum absolute atomic E-state index is 11.1. The van der Waals surface area contributed by atoms with Gasteiger partial charge in [-0.1, -0.05) is 22.9 Å². The van der Waals surface area contributed by atoms with Crippen molar-refractivity contribution in [2.24, 2.45) is 0 Å². The maximum Gasteiger partial charge on any atom is 0.337 e. The van der Waals surface area contributed by atoms with Gasteiger partial charge in [-0.2, -0.15) is 0 Å². The van der Waals surface area contributed by atoms with Gasteiger partial charge in [-0.25, -0.2) is 4.79 Å². The van der Waals surface area contributed by atoms with E-state index >= 15 is 0 Å². The average molecular weight is 302 g/mol. The van der Waals surface area contributed by atoms with Crippen molar-refractivity contribution < 1.29 is 15.0 Å². The summed E-state index contributed by atoms with van der Waals surface area (Å²) >= 11 is 3.25. The van der Waals surface area contributed by atoms with Crippen LogP contribution in [0, 0.1) is 0 Å². The third-order valence-corrected chi connectivity index (χ3v) is 3.04. The quantitative estimate of drug-likeness (QED) is 0.755. The van der Waals surface area contributed by atoms with Crippen molar-refractivity contribution in [3.63, 3.8) is 0 Å². The molecule has 0 aliphatic rings. The zero-order valence-electron chi connectivity index (χ0n) is 9.61. The fourth-order valence-electron chi connectivity index (χ4n) is 1.57. The molecule has 0 saturated heterocycles. The SMILES string of the molecule is CCC(CCO)Nc1ccc(Br)cc1C(=O)O. The average Bonchev–Trinajstić information content (AvgIpc) is 2.30. The van der Waals surface area contributed by atoms with Crippen LogP contribution >= 0.6 is 15.9 Å². The number of aliphatic hydroxyl groups excluding tert-OH is 1. The van der Waals surface area contributed by atoms with Crippen molar-refractivity contribution >= 4 is 27.6 Å². The summed E-state index contributed by atoms with van der Waals surface area (Å²) in [5.41, 5.74) is 0.816. The number of carboxylic acids is 1. The molecule has 0 aliphatic carbocycles. The van der Waals surface area contributed by atoms with Crippen LogP contribution in [0.1, 0.15) is 30.1 Å². The Morgan fingerprint density at radius 2 is 2.24 bits per heavy atom. The molecular formula is C12H16BrNO3. The minimum Gasteiger partial charge on any atom is -0.478 e. The number of carboxylic acid groups (broad SMARTS) is 1. The van der Waals surface area contributed by atoms with Crippen LogP contribution in [0.15, 0.2) is 22.7 Å². The first kappa shape index (κ1) is 14.0. The van der Waals surface area contributed by atoms with Crippen LogP contribution in [-0.2, 0) is 0 Å². The highest BCUT2D eigenvalue weighted by atomic mass is 79.9. The summed E-state index contributed by atoms with van der Waals surface area (Å²) in [5.74, 6) is -0.965. The number of aromatic carboxylic acids is 1. The Morgan fingerprint density at radius 1 is 1.53 bits per heavy atom. The maximum atomic E-state index is 11.1. The molecule has 1 aromatic rings. The molecule has 0 saturated carbocycles. The largest absolute Gasteiger partial charge is 0.478 e. The molecular weight excluding hydrogens is 286 g/mol. The van der Waals surface area contributed by atoms with Gasteiger partial charge in [-0.3, -0.25) is 0 Å². The zero-order chi connectivity index (χ0) is 12.8. The molecule has 0 amide bonds. The number of rotatable bonds is 6. The van der Waals surface area contributed by atoms with Crippen molar-refractivity contribution in [2.45, 2.75) is 25.8 Å². The lowest BCUT2D eigenvalue weighted by molar-refractivity contribution is 0.0698. The molecule has 3 N–H and O–H groups in total. The summed E-state index contributed by atoms with van der Waals surface area (Å²) in [5, 5.41) is 21.1. The van der Waals surface area contributed by atoms with Crippen LogP contribution in [-0.4, -0.2) is 28.8 Å². The van der Waals surface area contributed by atoms with Gasteiger partial charge >= 0.3 is 5.97 Å². The van der Waals surface area contributed by atoms with E-state index < -0.39 is 5.97 Å². The van der Waals surface area contributed by atoms with Crippen molar-refractivity contribution in [2.75, 3.05) is 11.9 Å². The van der Waals surface area contributed by atoms with Crippen LogP contribution < -0.4 is 5.32 Å². The van der Waals surface area contributed by atoms with Gasteiger partial charge in [0, 0.05) is 22.8 Å². The molecule has 5 heteroatoms. The third-order valence-electron chi connectivity index (χ3n) is 2.54. The highest BCUT2D eigenvalue weighted by Gasteiger charge is 2.13. The lowest BCUT2D eigenvalue weighted by Crippen LogP contribution is -2.21. The first-order valence-electron chi connectivity index (χ1n) is 5.48. The van der Waals surface area contributed by atoms with E-state index in [-0.39, 0.29) is 18.2 Å². The van der Waals surface area contributed by atoms with E-state index in [1.165, 1.54) is 0 Å². The lowest BCUT2D eigenvalue weighted by Gasteiger charge is -2.18. The van der Waals surface area contributed by atoms with Gasteiger partial charge < -0.3 is 15.5 Å². The molecule has 17 heavy (non-hydrogen) atoms. The fraction of sp³-hybridized carbons (Fsp3) is 0.417. The minimum atomic E-state index is -0.965. The van der Waals surface area contributed by atoms with E-state index in [0.29, 0.717) is 12.1 Å². The molecule has 0 heterocycles. The number of hydrogen-bond donors (Lipinski definition) is 3. The van der Waals surface area contributed by atoms with Gasteiger partial charge in [0.05, 0.1) is 5.56 Å². The molecule has 0 radical (unpaired) electrons. The molecule has 0 aromatic heterocycles. The molecule has 94 valence electrons. The first-order chi connectivity index (χ1) is 8.08. The second-order valence-corrected chi connectivity index (χ2v) is 4.67. The molecule has 1 atom stereocenters. The molecule has 1 aromatic carbocycles. The third kappa shape index (κ3) is 4.02. The number of benzene rings is 1. The summed E-state index contributed by atoms with van der Waals surface area (Å²) in [6.45, 7) is 2.08. The summed E-state index contributed by atoms with van der Waals surface area (Å²) in [7, 11) is 0. The predicted molar refractivity (Wildman–Crippen MR) is 70.5 cm³/mol. The number of halogens is 1. The van der Waals surface area contributed by atoms with Gasteiger partial charge in [-0.15, -0.1) is 0 Å². The Bertz CT molecular complexity index is 395. The lowest BCUT2D eigenvalue weighted by atomic mass is 10.1. The van der Waals surface area contributed by atoms with Crippen molar-refractivity contribution in [3.05, 3.63) is 28.2 Å². The van der Waals surface area contributed by atoms with Crippen molar-refractivity contribution in [1.82, 2.24) is 0 Å². The Morgan fingerprint density at radius 3 is 2.76 bits per heavy atom. The number of carbonyl (C=O) groups is 1. The van der Waals surface area contributed by atoms with Crippen molar-refractivity contribution in [3.8, 4) is 0 Å². The molecule has 0 fully saturated rings. The van der Waals surface area contributed by atoms with E-state index in [2.05, 4.69) is 21.2 Å². The van der Waals surface area contributed by atoms with Crippen molar-refractivity contribution in [1.29, 1.82) is 0 Å². The second kappa shape index (κ2) is 6.61. The summed E-state index contributed by atoms with van der Waals surface area (Å²) in [6, 6.07) is 5.17. The van der Waals surface area contributed by atoms with Crippen LogP contribution in [0.3, 0.4) is 0 Å². The number of nitrogens with one attached hydrogen (secondary N) is 1. The Hall–Kier alpha value is -1.07. The Labute approximate surface area is 109 Å². The molecule has 4 nitrogen and oxygen atoms in total. The molecule has 0 spiro atoms. The monoisotopic (exact) mass is 301 g/mol. The predicted octanol–water partition coefficient (Wildman–Crippen LogP) is 2.72. The highest BCUT2D eigenvalue weighted by Crippen LogP contribution is 2.22. The number of hydrogen-bond acceptors (Lipinski definition) is 3. The minimum absolute atomic E-state index is 0.0827. The van der Waals surface area contributed by atoms with Gasteiger partial charge in [0.25, 0.3) is 0 Å². The Kier molecular flexibility index (Phi) is 5.44. The van der Waals surface area contributed by atoms with E-state index in [4.69, 9.17) is 10.2 Å².